The van der Waals surface area contributed by atoms with Crippen molar-refractivity contribution in [1.29, 1.82) is 0 Å². The lowest BCUT2D eigenvalue weighted by molar-refractivity contribution is -0.123. The summed E-state index contributed by atoms with van der Waals surface area (Å²) in [5.41, 5.74) is 4.27. The van der Waals surface area contributed by atoms with E-state index in [9.17, 15) is 9.59 Å². The number of benzene rings is 2. The number of rotatable bonds is 6. The predicted octanol–water partition coefficient (Wildman–Crippen LogP) is 3.13. The van der Waals surface area contributed by atoms with Crippen molar-refractivity contribution in [1.82, 2.24) is 24.9 Å². The van der Waals surface area contributed by atoms with E-state index >= 15 is 0 Å². The molecule has 1 aromatic heterocycles. The third-order valence-corrected chi connectivity index (χ3v) is 5.77. The number of carbonyl (C=O) groups is 2. The van der Waals surface area contributed by atoms with Gasteiger partial charge in [0.15, 0.2) is 0 Å². The number of hydrogen-bond donors (Lipinski definition) is 1. The molecule has 7 heteroatoms. The van der Waals surface area contributed by atoms with Crippen molar-refractivity contribution >= 4 is 11.8 Å². The topological polar surface area (TPSA) is 70.5 Å². The summed E-state index contributed by atoms with van der Waals surface area (Å²) >= 11 is 0. The standard InChI is InChI=1S/C26H31N5O2/c1-19(2)27-24(32)18-29-13-15-30(16-14-29)26(33)23-17-31(22-11-9-20(3)10-12-22)28-25(23)21-7-5-4-6-8-21/h4-12,17,19H,13-16,18H2,1-3H3,(H,27,32). The number of hydrogen-bond acceptors (Lipinski definition) is 4. The highest BCUT2D eigenvalue weighted by Crippen LogP contribution is 2.25. The Kier molecular flexibility index (Phi) is 6.89. The monoisotopic (exact) mass is 445 g/mol. The summed E-state index contributed by atoms with van der Waals surface area (Å²) in [5, 5.41) is 7.71. The third-order valence-electron chi connectivity index (χ3n) is 5.77. The number of piperazine rings is 1. The van der Waals surface area contributed by atoms with Gasteiger partial charge in [0, 0.05) is 44.0 Å². The highest BCUT2D eigenvalue weighted by Gasteiger charge is 2.27. The van der Waals surface area contributed by atoms with Crippen LogP contribution in [0.1, 0.15) is 29.8 Å². The molecule has 33 heavy (non-hydrogen) atoms. The van der Waals surface area contributed by atoms with Gasteiger partial charge in [-0.1, -0.05) is 48.0 Å². The Balaban J connectivity index is 1.53. The van der Waals surface area contributed by atoms with E-state index < -0.39 is 0 Å². The summed E-state index contributed by atoms with van der Waals surface area (Å²) in [6.07, 6.45) is 1.83. The lowest BCUT2D eigenvalue weighted by Crippen LogP contribution is -2.51. The number of nitrogens with zero attached hydrogens (tertiary/aromatic N) is 4. The summed E-state index contributed by atoms with van der Waals surface area (Å²) in [6.45, 7) is 8.82. The van der Waals surface area contributed by atoms with Crippen LogP contribution in [0, 0.1) is 6.92 Å². The SMILES string of the molecule is Cc1ccc(-n2cc(C(=O)N3CCN(CC(=O)NC(C)C)CC3)c(-c3ccccc3)n2)cc1. The van der Waals surface area contributed by atoms with Gasteiger partial charge < -0.3 is 10.2 Å². The quantitative estimate of drug-likeness (QED) is 0.633. The number of amides is 2. The molecule has 7 nitrogen and oxygen atoms in total. The van der Waals surface area contributed by atoms with Crippen molar-refractivity contribution in [2.45, 2.75) is 26.8 Å². The van der Waals surface area contributed by atoms with Gasteiger partial charge in [-0.15, -0.1) is 0 Å². The minimum absolute atomic E-state index is 0.0236. The average Bonchev–Trinajstić information content (AvgIpc) is 3.25. The molecule has 0 atom stereocenters. The molecule has 172 valence electrons. The Labute approximate surface area is 195 Å². The van der Waals surface area contributed by atoms with Crippen LogP contribution in [-0.2, 0) is 4.79 Å². The molecule has 1 fully saturated rings. The molecule has 0 bridgehead atoms. The summed E-state index contributed by atoms with van der Waals surface area (Å²) in [6, 6.07) is 18.0. The molecule has 0 unspecified atom stereocenters. The zero-order valence-corrected chi connectivity index (χ0v) is 19.5. The zero-order valence-electron chi connectivity index (χ0n) is 19.5. The number of aromatic nitrogens is 2. The smallest absolute Gasteiger partial charge is 0.257 e. The molecule has 2 heterocycles. The van der Waals surface area contributed by atoms with Crippen molar-refractivity contribution in [3.8, 4) is 16.9 Å². The van der Waals surface area contributed by atoms with E-state index in [1.54, 1.807) is 4.68 Å². The van der Waals surface area contributed by atoms with Crippen LogP contribution in [0.2, 0.25) is 0 Å². The maximum Gasteiger partial charge on any atom is 0.257 e. The van der Waals surface area contributed by atoms with E-state index in [1.807, 2.05) is 86.5 Å². The lowest BCUT2D eigenvalue weighted by Gasteiger charge is -2.34. The van der Waals surface area contributed by atoms with Gasteiger partial charge in [-0.05, 0) is 32.9 Å². The van der Waals surface area contributed by atoms with Gasteiger partial charge >= 0.3 is 0 Å². The first-order chi connectivity index (χ1) is 15.9. The van der Waals surface area contributed by atoms with Gasteiger partial charge in [0.1, 0.15) is 5.69 Å². The van der Waals surface area contributed by atoms with Gasteiger partial charge in [0.05, 0.1) is 17.8 Å². The van der Waals surface area contributed by atoms with Crippen molar-refractivity contribution in [2.24, 2.45) is 0 Å². The number of aryl methyl sites for hydroxylation is 1. The molecule has 1 saturated heterocycles. The van der Waals surface area contributed by atoms with Gasteiger partial charge in [-0.25, -0.2) is 4.68 Å². The molecule has 2 amide bonds. The van der Waals surface area contributed by atoms with Crippen molar-refractivity contribution in [2.75, 3.05) is 32.7 Å². The van der Waals surface area contributed by atoms with Gasteiger partial charge in [-0.3, -0.25) is 14.5 Å². The minimum atomic E-state index is -0.0292. The van der Waals surface area contributed by atoms with Crippen LogP contribution >= 0.6 is 0 Å². The Morgan fingerprint density at radius 3 is 2.27 bits per heavy atom. The number of nitrogens with one attached hydrogen (secondary N) is 1. The normalized spacial score (nSPS) is 14.5. The highest BCUT2D eigenvalue weighted by atomic mass is 16.2. The van der Waals surface area contributed by atoms with Gasteiger partial charge in [-0.2, -0.15) is 5.10 Å². The molecule has 0 spiro atoms. The van der Waals surface area contributed by atoms with Crippen LogP contribution < -0.4 is 5.32 Å². The summed E-state index contributed by atoms with van der Waals surface area (Å²) < 4.78 is 1.78. The molecular formula is C26H31N5O2. The van der Waals surface area contributed by atoms with Crippen LogP contribution in [0.3, 0.4) is 0 Å². The van der Waals surface area contributed by atoms with Crippen LogP contribution in [0.4, 0.5) is 0 Å². The molecule has 0 radical (unpaired) electrons. The molecule has 2 aromatic carbocycles. The third kappa shape index (κ3) is 5.49. The first-order valence-electron chi connectivity index (χ1n) is 11.4. The fourth-order valence-electron chi connectivity index (χ4n) is 4.02. The van der Waals surface area contributed by atoms with Crippen molar-refractivity contribution in [3.05, 3.63) is 71.9 Å². The second-order valence-electron chi connectivity index (χ2n) is 8.83. The van der Waals surface area contributed by atoms with Crippen molar-refractivity contribution < 1.29 is 9.59 Å². The second-order valence-corrected chi connectivity index (χ2v) is 8.83. The lowest BCUT2D eigenvalue weighted by atomic mass is 10.1. The number of carbonyl (C=O) groups excluding carboxylic acids is 2. The van der Waals surface area contributed by atoms with E-state index in [0.29, 0.717) is 44.0 Å². The summed E-state index contributed by atoms with van der Waals surface area (Å²) in [5.74, 6) is -0.00555. The Hall–Kier alpha value is -3.45. The predicted molar refractivity (Wildman–Crippen MR) is 129 cm³/mol. The second kappa shape index (κ2) is 10.0. The molecule has 1 aliphatic heterocycles. The van der Waals surface area contributed by atoms with E-state index in [-0.39, 0.29) is 17.9 Å². The Morgan fingerprint density at radius 1 is 0.970 bits per heavy atom. The Bertz CT molecular complexity index is 1100. The molecule has 1 aliphatic rings. The van der Waals surface area contributed by atoms with Crippen LogP contribution in [0.25, 0.3) is 16.9 Å². The van der Waals surface area contributed by atoms with Gasteiger partial charge in [0.25, 0.3) is 5.91 Å². The molecular weight excluding hydrogens is 414 g/mol. The largest absolute Gasteiger partial charge is 0.353 e. The first-order valence-corrected chi connectivity index (χ1v) is 11.4. The maximum atomic E-state index is 13.5. The Morgan fingerprint density at radius 2 is 1.64 bits per heavy atom. The van der Waals surface area contributed by atoms with Crippen LogP contribution in [-0.4, -0.2) is 70.2 Å². The van der Waals surface area contributed by atoms with Crippen LogP contribution in [0.15, 0.2) is 60.8 Å². The van der Waals surface area contributed by atoms with Crippen LogP contribution in [0.5, 0.6) is 0 Å². The fourth-order valence-corrected chi connectivity index (χ4v) is 4.02. The van der Waals surface area contributed by atoms with E-state index in [4.69, 9.17) is 5.10 Å². The molecule has 1 N–H and O–H groups in total. The maximum absolute atomic E-state index is 13.5. The molecule has 0 aliphatic carbocycles. The fraction of sp³-hybridized carbons (Fsp3) is 0.346. The summed E-state index contributed by atoms with van der Waals surface area (Å²) in [7, 11) is 0. The minimum Gasteiger partial charge on any atom is -0.353 e. The van der Waals surface area contributed by atoms with E-state index in [0.717, 1.165) is 11.3 Å². The first kappa shape index (κ1) is 22.7. The average molecular weight is 446 g/mol. The van der Waals surface area contributed by atoms with E-state index in [2.05, 4.69) is 10.2 Å². The molecule has 4 rings (SSSR count). The zero-order chi connectivity index (χ0) is 23.4. The van der Waals surface area contributed by atoms with E-state index in [1.165, 1.54) is 5.56 Å². The van der Waals surface area contributed by atoms with Crippen molar-refractivity contribution in [3.63, 3.8) is 0 Å². The summed E-state index contributed by atoms with van der Waals surface area (Å²) in [4.78, 5) is 29.6. The van der Waals surface area contributed by atoms with Gasteiger partial charge in [0.2, 0.25) is 5.91 Å². The molecule has 0 saturated carbocycles. The molecule has 3 aromatic rings. The highest BCUT2D eigenvalue weighted by molar-refractivity contribution is 6.00.